The minimum atomic E-state index is -0.542. The van der Waals surface area contributed by atoms with Gasteiger partial charge >= 0.3 is 0 Å². The van der Waals surface area contributed by atoms with Crippen LogP contribution in [0.2, 0.25) is 0 Å². The number of halogens is 2. The number of thiophene rings is 1. The highest BCUT2D eigenvalue weighted by Gasteiger charge is 2.35. The highest BCUT2D eigenvalue weighted by Crippen LogP contribution is 2.51. The van der Waals surface area contributed by atoms with Gasteiger partial charge in [0, 0.05) is 5.39 Å². The summed E-state index contributed by atoms with van der Waals surface area (Å²) in [5.74, 6) is -0.745. The summed E-state index contributed by atoms with van der Waals surface area (Å²) in [6, 6.07) is 12.8. The van der Waals surface area contributed by atoms with E-state index in [9.17, 15) is 14.0 Å². The van der Waals surface area contributed by atoms with Crippen molar-refractivity contribution in [2.75, 3.05) is 6.61 Å². The Labute approximate surface area is 164 Å². The van der Waals surface area contributed by atoms with Gasteiger partial charge in [-0.15, -0.1) is 11.3 Å². The Morgan fingerprint density at radius 2 is 2.04 bits per heavy atom. The maximum atomic E-state index is 14.4. The van der Waals surface area contributed by atoms with E-state index in [1.807, 2.05) is 6.92 Å². The Balaban J connectivity index is 1.96. The Kier molecular flexibility index (Phi) is 4.80. The van der Waals surface area contributed by atoms with Crippen LogP contribution in [-0.4, -0.2) is 13.0 Å². The third-order valence-electron chi connectivity index (χ3n) is 4.36. The van der Waals surface area contributed by atoms with E-state index in [0.717, 1.165) is 0 Å². The monoisotopic (exact) mass is 396 g/mol. The van der Waals surface area contributed by atoms with Gasteiger partial charge in [-0.25, -0.2) is 8.78 Å². The standard InChI is InChI=1S/C21H14F2N2O2S/c1-2-26-11-25-21-15(10-24)17(12-6-8-13(22)9-7-12)20-18(27-21)14-4-3-5-16(23)19(14)28-20/h3-9,11,17H,2H2,1H3/b25-11+. The SMILES string of the molecule is CCO/C=N/C1=C(C#N)C(c2ccc(F)cc2)c2sc3c(F)cccc3c2O1. The van der Waals surface area contributed by atoms with Crippen molar-refractivity contribution >= 4 is 27.8 Å². The Morgan fingerprint density at radius 1 is 1.25 bits per heavy atom. The highest BCUT2D eigenvalue weighted by atomic mass is 32.1. The summed E-state index contributed by atoms with van der Waals surface area (Å²) in [5, 5.41) is 10.4. The summed E-state index contributed by atoms with van der Waals surface area (Å²) >= 11 is 1.22. The molecule has 1 aliphatic heterocycles. The number of nitrogens with zero attached hydrogens (tertiary/aromatic N) is 2. The van der Waals surface area contributed by atoms with Crippen LogP contribution in [0.1, 0.15) is 23.3 Å². The number of nitriles is 1. The third kappa shape index (κ3) is 3.02. The van der Waals surface area contributed by atoms with Crippen molar-refractivity contribution in [2.45, 2.75) is 12.8 Å². The normalized spacial score (nSPS) is 16.1. The minimum Gasteiger partial charge on any atom is -0.483 e. The fourth-order valence-electron chi connectivity index (χ4n) is 3.12. The molecule has 140 valence electrons. The number of hydrogen-bond donors (Lipinski definition) is 0. The molecule has 0 saturated heterocycles. The topological polar surface area (TPSA) is 54.6 Å². The lowest BCUT2D eigenvalue weighted by atomic mass is 9.88. The molecule has 2 aromatic carbocycles. The minimum absolute atomic E-state index is 0.0849. The molecule has 1 aromatic heterocycles. The smallest absolute Gasteiger partial charge is 0.236 e. The van der Waals surface area contributed by atoms with E-state index in [1.54, 1.807) is 24.3 Å². The molecule has 28 heavy (non-hydrogen) atoms. The molecule has 0 radical (unpaired) electrons. The zero-order valence-electron chi connectivity index (χ0n) is 14.8. The van der Waals surface area contributed by atoms with Crippen LogP contribution < -0.4 is 4.74 Å². The van der Waals surface area contributed by atoms with Crippen molar-refractivity contribution in [1.82, 2.24) is 0 Å². The van der Waals surface area contributed by atoms with Crippen LogP contribution in [0.15, 0.2) is 58.9 Å². The van der Waals surface area contributed by atoms with Gasteiger partial charge in [0.2, 0.25) is 5.88 Å². The number of ether oxygens (including phenoxy) is 2. The molecule has 7 heteroatoms. The van der Waals surface area contributed by atoms with Gasteiger partial charge in [-0.1, -0.05) is 18.2 Å². The molecule has 1 unspecified atom stereocenters. The van der Waals surface area contributed by atoms with E-state index < -0.39 is 5.92 Å². The maximum Gasteiger partial charge on any atom is 0.236 e. The molecule has 0 N–H and O–H groups in total. The molecule has 4 nitrogen and oxygen atoms in total. The molecule has 0 fully saturated rings. The Morgan fingerprint density at radius 3 is 2.75 bits per heavy atom. The Hall–Kier alpha value is -3.24. The van der Waals surface area contributed by atoms with Gasteiger partial charge in [0.15, 0.2) is 12.2 Å². The van der Waals surface area contributed by atoms with Crippen molar-refractivity contribution in [3.8, 4) is 11.8 Å². The van der Waals surface area contributed by atoms with E-state index in [2.05, 4.69) is 11.1 Å². The van der Waals surface area contributed by atoms with Gasteiger partial charge in [0.05, 0.1) is 22.1 Å². The molecule has 4 rings (SSSR count). The van der Waals surface area contributed by atoms with Gasteiger partial charge in [0.1, 0.15) is 23.3 Å². The van der Waals surface area contributed by atoms with Crippen molar-refractivity contribution in [3.05, 3.63) is 76.0 Å². The number of hydrogen-bond acceptors (Lipinski definition) is 5. The van der Waals surface area contributed by atoms with Crippen LogP contribution >= 0.6 is 11.3 Å². The van der Waals surface area contributed by atoms with Gasteiger partial charge < -0.3 is 9.47 Å². The highest BCUT2D eigenvalue weighted by molar-refractivity contribution is 7.19. The summed E-state index contributed by atoms with van der Waals surface area (Å²) < 4.78 is 39.3. The molecule has 3 aromatic rings. The number of benzene rings is 2. The number of fused-ring (bicyclic) bond motifs is 3. The molecule has 2 heterocycles. The molecular weight excluding hydrogens is 382 g/mol. The Bertz CT molecular complexity index is 1140. The van der Waals surface area contributed by atoms with Gasteiger partial charge in [-0.2, -0.15) is 10.3 Å². The molecule has 0 amide bonds. The van der Waals surface area contributed by atoms with Gasteiger partial charge in [-0.3, -0.25) is 0 Å². The zero-order chi connectivity index (χ0) is 19.7. The molecule has 0 spiro atoms. The molecule has 0 saturated carbocycles. The number of rotatable bonds is 4. The summed E-state index contributed by atoms with van der Waals surface area (Å²) in [7, 11) is 0. The number of aliphatic imine (C=N–C) groups is 1. The van der Waals surface area contributed by atoms with E-state index in [-0.39, 0.29) is 23.1 Å². The second-order valence-electron chi connectivity index (χ2n) is 6.02. The average Bonchev–Trinajstić information content (AvgIpc) is 3.07. The fraction of sp³-hybridized carbons (Fsp3) is 0.143. The van der Waals surface area contributed by atoms with Gasteiger partial charge in [0.25, 0.3) is 0 Å². The quantitative estimate of drug-likeness (QED) is 0.432. The van der Waals surface area contributed by atoms with Crippen LogP contribution in [-0.2, 0) is 4.74 Å². The molecule has 1 aliphatic rings. The van der Waals surface area contributed by atoms with Gasteiger partial charge in [-0.05, 0) is 36.8 Å². The lowest BCUT2D eigenvalue weighted by molar-refractivity contribution is 0.336. The maximum absolute atomic E-state index is 14.4. The summed E-state index contributed by atoms with van der Waals surface area (Å²) in [6.07, 6.45) is 1.22. The first kappa shape index (κ1) is 18.1. The van der Waals surface area contributed by atoms with Crippen molar-refractivity contribution < 1.29 is 18.3 Å². The first-order valence-electron chi connectivity index (χ1n) is 8.56. The van der Waals surface area contributed by atoms with Crippen LogP contribution in [0, 0.1) is 23.0 Å². The zero-order valence-corrected chi connectivity index (χ0v) is 15.6. The van der Waals surface area contributed by atoms with Crippen LogP contribution in [0.4, 0.5) is 8.78 Å². The van der Waals surface area contributed by atoms with Crippen LogP contribution in [0.3, 0.4) is 0 Å². The number of allylic oxidation sites excluding steroid dienone is 1. The summed E-state index contributed by atoms with van der Waals surface area (Å²) in [5.41, 5.74) is 0.945. The molecule has 0 bridgehead atoms. The molecule has 0 aliphatic carbocycles. The second kappa shape index (κ2) is 7.41. The largest absolute Gasteiger partial charge is 0.483 e. The summed E-state index contributed by atoms with van der Waals surface area (Å²) in [4.78, 5) is 4.83. The van der Waals surface area contributed by atoms with E-state index in [0.29, 0.717) is 32.9 Å². The second-order valence-corrected chi connectivity index (χ2v) is 7.07. The van der Waals surface area contributed by atoms with Crippen LogP contribution in [0.5, 0.6) is 5.75 Å². The fourth-order valence-corrected chi connectivity index (χ4v) is 4.40. The van der Waals surface area contributed by atoms with Crippen molar-refractivity contribution in [3.63, 3.8) is 0 Å². The lowest BCUT2D eigenvalue weighted by Gasteiger charge is -2.23. The first-order chi connectivity index (χ1) is 13.6. The average molecular weight is 396 g/mol. The predicted octanol–water partition coefficient (Wildman–Crippen LogP) is 5.50. The third-order valence-corrected chi connectivity index (χ3v) is 5.62. The van der Waals surface area contributed by atoms with E-state index in [4.69, 9.17) is 9.47 Å². The molecule has 1 atom stereocenters. The van der Waals surface area contributed by atoms with Crippen molar-refractivity contribution in [1.29, 1.82) is 5.26 Å². The van der Waals surface area contributed by atoms with E-state index >= 15 is 0 Å². The van der Waals surface area contributed by atoms with Crippen LogP contribution in [0.25, 0.3) is 10.1 Å². The van der Waals surface area contributed by atoms with Crippen molar-refractivity contribution in [2.24, 2.45) is 4.99 Å². The van der Waals surface area contributed by atoms with E-state index in [1.165, 1.54) is 35.9 Å². The predicted molar refractivity (Wildman–Crippen MR) is 103 cm³/mol. The summed E-state index contributed by atoms with van der Waals surface area (Å²) in [6.45, 7) is 2.22. The molecular formula is C21H14F2N2O2S. The first-order valence-corrected chi connectivity index (χ1v) is 9.38. The lowest BCUT2D eigenvalue weighted by Crippen LogP contribution is -2.14.